The second-order valence-corrected chi connectivity index (χ2v) is 5.94. The molecule has 3 rings (SSSR count). The summed E-state index contributed by atoms with van der Waals surface area (Å²) in [6.45, 7) is 5.00. The third kappa shape index (κ3) is 1.91. The van der Waals surface area contributed by atoms with Crippen molar-refractivity contribution in [2.45, 2.75) is 56.5 Å². The molecule has 2 aliphatic heterocycles. The monoisotopic (exact) mass is 241 g/mol. The number of primary amides is 1. The lowest BCUT2D eigenvalue weighted by Crippen LogP contribution is -2.41. The van der Waals surface area contributed by atoms with Gasteiger partial charge in [-0.2, -0.15) is 0 Å². The van der Waals surface area contributed by atoms with Crippen molar-refractivity contribution >= 4 is 6.09 Å². The molecule has 2 saturated heterocycles. The summed E-state index contributed by atoms with van der Waals surface area (Å²) in [5.41, 5.74) is 5.01. The number of rotatable bonds is 2. The van der Waals surface area contributed by atoms with Crippen LogP contribution in [0, 0.1) is 5.92 Å². The molecular weight excluding hydrogens is 222 g/mol. The molecule has 1 amide bonds. The molecule has 0 radical (unpaired) electrons. The topological polar surface area (TPSA) is 77.4 Å². The van der Waals surface area contributed by atoms with E-state index in [-0.39, 0.29) is 23.4 Å². The Hall–Kier alpha value is -0.810. The first-order valence-corrected chi connectivity index (χ1v) is 6.21. The highest BCUT2D eigenvalue weighted by atomic mass is 16.6. The van der Waals surface area contributed by atoms with Gasteiger partial charge in [0.2, 0.25) is 0 Å². The fraction of sp³-hybridized carbons (Fsp3) is 0.917. The molecule has 5 nitrogen and oxygen atoms in total. The molecule has 17 heavy (non-hydrogen) atoms. The zero-order valence-corrected chi connectivity index (χ0v) is 10.3. The van der Waals surface area contributed by atoms with Crippen LogP contribution in [0.25, 0.3) is 0 Å². The highest BCUT2D eigenvalue weighted by molar-refractivity contribution is 5.64. The van der Waals surface area contributed by atoms with Crippen LogP contribution < -0.4 is 5.73 Å². The van der Waals surface area contributed by atoms with Crippen LogP contribution in [0.15, 0.2) is 0 Å². The van der Waals surface area contributed by atoms with E-state index in [1.807, 2.05) is 0 Å². The van der Waals surface area contributed by atoms with Gasteiger partial charge in [0, 0.05) is 5.92 Å². The standard InChI is InChI=1S/C12H19NO4/c1-11(2)9(17-11)8-5-7(16-10(13)14)3-4-12(8)6-15-12/h7-9H,3-6H2,1-2H3,(H2,13,14). The fourth-order valence-corrected chi connectivity index (χ4v) is 3.19. The average molecular weight is 241 g/mol. The summed E-state index contributed by atoms with van der Waals surface area (Å²) in [6.07, 6.45) is 2.05. The molecular formula is C12H19NO4. The third-order valence-electron chi connectivity index (χ3n) is 4.30. The van der Waals surface area contributed by atoms with Crippen molar-refractivity contribution < 1.29 is 19.0 Å². The Morgan fingerprint density at radius 1 is 1.47 bits per heavy atom. The zero-order valence-electron chi connectivity index (χ0n) is 10.3. The van der Waals surface area contributed by atoms with Crippen LogP contribution in [0.5, 0.6) is 0 Å². The van der Waals surface area contributed by atoms with Gasteiger partial charge in [0.1, 0.15) is 6.10 Å². The summed E-state index contributed by atoms with van der Waals surface area (Å²) in [5, 5.41) is 0. The molecule has 2 N–H and O–H groups in total. The molecule has 3 fully saturated rings. The van der Waals surface area contributed by atoms with E-state index in [1.165, 1.54) is 0 Å². The normalized spacial score (nSPS) is 46.6. The van der Waals surface area contributed by atoms with Crippen molar-refractivity contribution in [2.24, 2.45) is 11.7 Å². The first-order valence-electron chi connectivity index (χ1n) is 6.21. The van der Waals surface area contributed by atoms with Gasteiger partial charge in [-0.25, -0.2) is 4.79 Å². The van der Waals surface area contributed by atoms with Gasteiger partial charge in [0.05, 0.1) is 23.9 Å². The molecule has 1 saturated carbocycles. The SMILES string of the molecule is CC1(C)OC1C1CC(OC(N)=O)CCC12CO2. The number of ether oxygens (including phenoxy) is 3. The molecule has 1 spiro atoms. The van der Waals surface area contributed by atoms with E-state index in [0.29, 0.717) is 5.92 Å². The molecule has 4 unspecified atom stereocenters. The molecule has 0 bridgehead atoms. The number of epoxide rings is 2. The highest BCUT2D eigenvalue weighted by Crippen LogP contribution is 2.55. The van der Waals surface area contributed by atoms with Gasteiger partial charge < -0.3 is 19.9 Å². The van der Waals surface area contributed by atoms with E-state index in [4.69, 9.17) is 19.9 Å². The first kappa shape index (κ1) is 11.3. The van der Waals surface area contributed by atoms with Crippen molar-refractivity contribution in [3.05, 3.63) is 0 Å². The number of amides is 1. The van der Waals surface area contributed by atoms with Gasteiger partial charge in [-0.3, -0.25) is 0 Å². The Labute approximate surface area is 101 Å². The van der Waals surface area contributed by atoms with Crippen LogP contribution in [0.4, 0.5) is 4.79 Å². The van der Waals surface area contributed by atoms with Crippen LogP contribution >= 0.6 is 0 Å². The lowest BCUT2D eigenvalue weighted by atomic mass is 9.74. The van der Waals surface area contributed by atoms with Crippen molar-refractivity contribution in [1.82, 2.24) is 0 Å². The summed E-state index contributed by atoms with van der Waals surface area (Å²) in [5.74, 6) is 0.329. The Balaban J connectivity index is 1.68. The minimum atomic E-state index is -0.683. The summed E-state index contributed by atoms with van der Waals surface area (Å²) in [4.78, 5) is 10.8. The Morgan fingerprint density at radius 2 is 2.12 bits per heavy atom. The van der Waals surface area contributed by atoms with Crippen LogP contribution in [-0.4, -0.2) is 36.1 Å². The Morgan fingerprint density at radius 3 is 2.59 bits per heavy atom. The number of carbonyl (C=O) groups excluding carboxylic acids is 1. The van der Waals surface area contributed by atoms with Crippen LogP contribution in [0.3, 0.4) is 0 Å². The maximum atomic E-state index is 10.8. The van der Waals surface area contributed by atoms with E-state index < -0.39 is 6.09 Å². The minimum absolute atomic E-state index is 0.00402. The summed E-state index contributed by atoms with van der Waals surface area (Å²) >= 11 is 0. The molecule has 2 heterocycles. The second-order valence-electron chi connectivity index (χ2n) is 5.94. The third-order valence-corrected chi connectivity index (χ3v) is 4.30. The van der Waals surface area contributed by atoms with Gasteiger partial charge >= 0.3 is 6.09 Å². The number of hydrogen-bond acceptors (Lipinski definition) is 4. The zero-order chi connectivity index (χ0) is 12.3. The fourth-order valence-electron chi connectivity index (χ4n) is 3.19. The van der Waals surface area contributed by atoms with Gasteiger partial charge in [-0.15, -0.1) is 0 Å². The van der Waals surface area contributed by atoms with Crippen molar-refractivity contribution in [3.8, 4) is 0 Å². The van der Waals surface area contributed by atoms with Crippen LogP contribution in [0.2, 0.25) is 0 Å². The van der Waals surface area contributed by atoms with E-state index in [2.05, 4.69) is 13.8 Å². The molecule has 3 aliphatic rings. The molecule has 0 aromatic heterocycles. The molecule has 4 atom stereocenters. The lowest BCUT2D eigenvalue weighted by molar-refractivity contribution is 0.0225. The first-order chi connectivity index (χ1) is 7.93. The van der Waals surface area contributed by atoms with E-state index >= 15 is 0 Å². The average Bonchev–Trinajstić information content (AvgIpc) is 3.09. The van der Waals surface area contributed by atoms with E-state index in [9.17, 15) is 4.79 Å². The number of hydrogen-bond donors (Lipinski definition) is 1. The molecule has 0 aromatic carbocycles. The van der Waals surface area contributed by atoms with Gasteiger partial charge in [-0.05, 0) is 33.1 Å². The number of carbonyl (C=O) groups is 1. The quantitative estimate of drug-likeness (QED) is 0.737. The highest BCUT2D eigenvalue weighted by Gasteiger charge is 2.65. The Bertz CT molecular complexity index is 350. The maximum Gasteiger partial charge on any atom is 0.404 e. The van der Waals surface area contributed by atoms with Crippen LogP contribution in [0.1, 0.15) is 33.1 Å². The minimum Gasteiger partial charge on any atom is -0.446 e. The summed E-state index contributed by atoms with van der Waals surface area (Å²) in [6, 6.07) is 0. The van der Waals surface area contributed by atoms with E-state index in [1.54, 1.807) is 0 Å². The molecule has 0 aromatic rings. The van der Waals surface area contributed by atoms with Gasteiger partial charge in [0.25, 0.3) is 0 Å². The molecule has 96 valence electrons. The Kier molecular flexibility index (Phi) is 2.23. The largest absolute Gasteiger partial charge is 0.446 e. The predicted molar refractivity (Wildman–Crippen MR) is 59.4 cm³/mol. The van der Waals surface area contributed by atoms with Crippen molar-refractivity contribution in [2.75, 3.05) is 6.61 Å². The van der Waals surface area contributed by atoms with Gasteiger partial charge in [0.15, 0.2) is 0 Å². The summed E-state index contributed by atoms with van der Waals surface area (Å²) < 4.78 is 16.5. The van der Waals surface area contributed by atoms with Crippen molar-refractivity contribution in [1.29, 1.82) is 0 Å². The lowest BCUT2D eigenvalue weighted by Gasteiger charge is -2.33. The molecule has 5 heteroatoms. The second kappa shape index (κ2) is 3.36. The predicted octanol–water partition coefficient (Wildman–Crippen LogP) is 1.20. The van der Waals surface area contributed by atoms with E-state index in [0.717, 1.165) is 25.9 Å². The maximum absolute atomic E-state index is 10.8. The van der Waals surface area contributed by atoms with Crippen molar-refractivity contribution in [3.63, 3.8) is 0 Å². The van der Waals surface area contributed by atoms with Crippen LogP contribution in [-0.2, 0) is 14.2 Å². The number of nitrogens with two attached hydrogens (primary N) is 1. The smallest absolute Gasteiger partial charge is 0.404 e. The summed E-state index contributed by atoms with van der Waals surface area (Å²) in [7, 11) is 0. The van der Waals surface area contributed by atoms with Gasteiger partial charge in [-0.1, -0.05) is 0 Å². The molecule has 1 aliphatic carbocycles.